The molecule has 1 fully saturated rings. The van der Waals surface area contributed by atoms with Crippen molar-refractivity contribution in [3.05, 3.63) is 47.3 Å². The van der Waals surface area contributed by atoms with Gasteiger partial charge in [-0.05, 0) is 48.5 Å². The molecule has 2 aromatic rings. The highest BCUT2D eigenvalue weighted by Gasteiger charge is 2.26. The van der Waals surface area contributed by atoms with E-state index in [1.165, 1.54) is 16.9 Å². The van der Waals surface area contributed by atoms with E-state index in [1.54, 1.807) is 24.6 Å². The first-order chi connectivity index (χ1) is 11.6. The molecule has 5 nitrogen and oxygen atoms in total. The molecular formula is C17H22N2O3S2. The van der Waals surface area contributed by atoms with E-state index in [2.05, 4.69) is 21.8 Å². The van der Waals surface area contributed by atoms with Gasteiger partial charge in [0, 0.05) is 19.1 Å². The third-order valence-corrected chi connectivity index (χ3v) is 7.17. The van der Waals surface area contributed by atoms with Crippen molar-refractivity contribution in [2.75, 3.05) is 26.7 Å². The van der Waals surface area contributed by atoms with Crippen LogP contribution in [0.3, 0.4) is 0 Å². The van der Waals surface area contributed by atoms with Crippen LogP contribution in [0.15, 0.2) is 46.0 Å². The van der Waals surface area contributed by atoms with Crippen LogP contribution in [0.2, 0.25) is 0 Å². The second-order valence-electron chi connectivity index (χ2n) is 5.80. The Hall–Kier alpha value is -1.41. The molecule has 0 amide bonds. The smallest absolute Gasteiger partial charge is 0.250 e. The van der Waals surface area contributed by atoms with Crippen LogP contribution >= 0.6 is 11.3 Å². The van der Waals surface area contributed by atoms with E-state index in [0.29, 0.717) is 23.3 Å². The summed E-state index contributed by atoms with van der Waals surface area (Å²) in [7, 11) is -1.71. The third kappa shape index (κ3) is 3.97. The van der Waals surface area contributed by atoms with E-state index in [-0.39, 0.29) is 0 Å². The number of nitrogens with zero attached hydrogens (tertiary/aromatic N) is 1. The number of hydrogen-bond acceptors (Lipinski definition) is 5. The summed E-state index contributed by atoms with van der Waals surface area (Å²) in [6.45, 7) is 2.13. The molecule has 0 saturated carbocycles. The lowest BCUT2D eigenvalue weighted by atomic mass is 10.0. The second-order valence-corrected chi connectivity index (χ2v) is 8.74. The van der Waals surface area contributed by atoms with Crippen LogP contribution in [-0.2, 0) is 10.0 Å². The largest absolute Gasteiger partial charge is 0.497 e. The van der Waals surface area contributed by atoms with Crippen molar-refractivity contribution in [1.82, 2.24) is 9.62 Å². The van der Waals surface area contributed by atoms with Crippen LogP contribution in [-0.4, -0.2) is 40.1 Å². The standard InChI is InChI=1S/C17H22N2O3S2/c1-22-15-8-6-14(7-9-15)16-4-2-11-19(16)12-10-18-24(20,21)17-5-3-13-23-17/h3,5-9,13,16,18H,2,4,10-12H2,1H3. The van der Waals surface area contributed by atoms with Gasteiger partial charge in [0.15, 0.2) is 0 Å². The van der Waals surface area contributed by atoms with Gasteiger partial charge in [0.25, 0.3) is 0 Å². The van der Waals surface area contributed by atoms with Gasteiger partial charge in [-0.3, -0.25) is 4.90 Å². The highest BCUT2D eigenvalue weighted by molar-refractivity contribution is 7.91. The van der Waals surface area contributed by atoms with Gasteiger partial charge in [-0.25, -0.2) is 13.1 Å². The van der Waals surface area contributed by atoms with Gasteiger partial charge in [-0.15, -0.1) is 11.3 Å². The van der Waals surface area contributed by atoms with Gasteiger partial charge in [-0.1, -0.05) is 18.2 Å². The fourth-order valence-electron chi connectivity index (χ4n) is 3.11. The summed E-state index contributed by atoms with van der Waals surface area (Å²) in [4.78, 5) is 2.35. The summed E-state index contributed by atoms with van der Waals surface area (Å²) < 4.78 is 32.6. The first-order valence-electron chi connectivity index (χ1n) is 8.01. The zero-order chi connectivity index (χ0) is 17.0. The van der Waals surface area contributed by atoms with Gasteiger partial charge in [-0.2, -0.15) is 0 Å². The van der Waals surface area contributed by atoms with Crippen molar-refractivity contribution in [3.8, 4) is 5.75 Å². The average molecular weight is 367 g/mol. The molecule has 1 aromatic carbocycles. The van der Waals surface area contributed by atoms with Crippen molar-refractivity contribution in [2.45, 2.75) is 23.1 Å². The van der Waals surface area contributed by atoms with E-state index in [9.17, 15) is 8.42 Å². The van der Waals surface area contributed by atoms with E-state index in [4.69, 9.17) is 4.74 Å². The molecule has 1 atom stereocenters. The quantitative estimate of drug-likeness (QED) is 0.819. The summed E-state index contributed by atoms with van der Waals surface area (Å²) >= 11 is 1.24. The average Bonchev–Trinajstić information content (AvgIpc) is 3.27. The van der Waals surface area contributed by atoms with Gasteiger partial charge >= 0.3 is 0 Å². The molecule has 1 aromatic heterocycles. The van der Waals surface area contributed by atoms with Crippen LogP contribution in [0.1, 0.15) is 24.4 Å². The molecule has 1 unspecified atom stereocenters. The zero-order valence-electron chi connectivity index (χ0n) is 13.6. The Balaban J connectivity index is 1.58. The Bertz CT molecular complexity index is 743. The number of methoxy groups -OCH3 is 1. The maximum absolute atomic E-state index is 12.2. The number of hydrogen-bond donors (Lipinski definition) is 1. The zero-order valence-corrected chi connectivity index (χ0v) is 15.3. The van der Waals surface area contributed by atoms with Crippen molar-refractivity contribution < 1.29 is 13.2 Å². The molecule has 0 radical (unpaired) electrons. The molecule has 130 valence electrons. The van der Waals surface area contributed by atoms with Gasteiger partial charge in [0.05, 0.1) is 7.11 Å². The molecule has 1 N–H and O–H groups in total. The minimum Gasteiger partial charge on any atom is -0.497 e. The minimum absolute atomic E-state index is 0.349. The monoisotopic (exact) mass is 366 g/mol. The first kappa shape index (κ1) is 17.4. The second kappa shape index (κ2) is 7.65. The predicted molar refractivity (Wildman–Crippen MR) is 96.0 cm³/mol. The number of likely N-dealkylation sites (tertiary alicyclic amines) is 1. The first-order valence-corrected chi connectivity index (χ1v) is 10.4. The Kier molecular flexibility index (Phi) is 5.55. The SMILES string of the molecule is COc1ccc(C2CCCN2CCNS(=O)(=O)c2cccs2)cc1. The van der Waals surface area contributed by atoms with Crippen molar-refractivity contribution in [3.63, 3.8) is 0 Å². The molecule has 1 aliphatic rings. The van der Waals surface area contributed by atoms with Gasteiger partial charge in [0.1, 0.15) is 9.96 Å². The number of benzene rings is 1. The van der Waals surface area contributed by atoms with E-state index < -0.39 is 10.0 Å². The number of ether oxygens (including phenoxy) is 1. The van der Waals surface area contributed by atoms with Crippen LogP contribution in [0, 0.1) is 0 Å². The number of thiophene rings is 1. The molecule has 2 heterocycles. The predicted octanol–water partition coefficient (Wildman–Crippen LogP) is 2.87. The number of nitrogens with one attached hydrogen (secondary N) is 1. The molecule has 0 spiro atoms. The molecule has 0 bridgehead atoms. The Morgan fingerprint density at radius 2 is 2.08 bits per heavy atom. The summed E-state index contributed by atoms with van der Waals surface area (Å²) in [6, 6.07) is 11.9. The fourth-order valence-corrected chi connectivity index (χ4v) is 5.17. The summed E-state index contributed by atoms with van der Waals surface area (Å²) in [6.07, 6.45) is 2.23. The molecule has 3 rings (SSSR count). The van der Waals surface area contributed by atoms with Crippen molar-refractivity contribution >= 4 is 21.4 Å². The summed E-state index contributed by atoms with van der Waals surface area (Å²) in [5.74, 6) is 0.854. The number of rotatable bonds is 7. The van der Waals surface area contributed by atoms with Crippen LogP contribution in [0.4, 0.5) is 0 Å². The van der Waals surface area contributed by atoms with Gasteiger partial charge < -0.3 is 4.74 Å². The summed E-state index contributed by atoms with van der Waals surface area (Å²) in [5.41, 5.74) is 1.26. The molecule has 1 saturated heterocycles. The van der Waals surface area contributed by atoms with Crippen LogP contribution in [0.5, 0.6) is 5.75 Å². The highest BCUT2D eigenvalue weighted by atomic mass is 32.2. The maximum Gasteiger partial charge on any atom is 0.250 e. The molecule has 24 heavy (non-hydrogen) atoms. The summed E-state index contributed by atoms with van der Waals surface area (Å²) in [5, 5.41) is 1.77. The molecule has 0 aliphatic carbocycles. The van der Waals surface area contributed by atoms with E-state index >= 15 is 0 Å². The van der Waals surface area contributed by atoms with Crippen molar-refractivity contribution in [1.29, 1.82) is 0 Å². The molecular weight excluding hydrogens is 344 g/mol. The Labute approximate surface area is 147 Å². The molecule has 7 heteroatoms. The number of sulfonamides is 1. The van der Waals surface area contributed by atoms with E-state index in [1.807, 2.05) is 12.1 Å². The van der Waals surface area contributed by atoms with Crippen molar-refractivity contribution in [2.24, 2.45) is 0 Å². The van der Waals surface area contributed by atoms with E-state index in [0.717, 1.165) is 25.1 Å². The molecule has 1 aliphatic heterocycles. The third-order valence-electron chi connectivity index (χ3n) is 4.32. The Morgan fingerprint density at radius 1 is 1.29 bits per heavy atom. The highest BCUT2D eigenvalue weighted by Crippen LogP contribution is 2.32. The lowest BCUT2D eigenvalue weighted by Gasteiger charge is -2.25. The fraction of sp³-hybridized carbons (Fsp3) is 0.412. The maximum atomic E-state index is 12.2. The lowest BCUT2D eigenvalue weighted by molar-refractivity contribution is 0.261. The van der Waals surface area contributed by atoms with Gasteiger partial charge in [0.2, 0.25) is 10.0 Å². The minimum atomic E-state index is -3.37. The Morgan fingerprint density at radius 3 is 2.75 bits per heavy atom. The topological polar surface area (TPSA) is 58.6 Å². The lowest BCUT2D eigenvalue weighted by Crippen LogP contribution is -2.34. The van der Waals surface area contributed by atoms with Crippen LogP contribution in [0.25, 0.3) is 0 Å². The van der Waals surface area contributed by atoms with Crippen LogP contribution < -0.4 is 9.46 Å². The normalized spacial score (nSPS) is 18.8.